The number of hydrogen-bond acceptors (Lipinski definition) is 2. The van der Waals surface area contributed by atoms with Crippen molar-refractivity contribution < 1.29 is 0 Å². The van der Waals surface area contributed by atoms with Gasteiger partial charge >= 0.3 is 0 Å². The molecular weight excluding hydrogens is 849 g/mol. The highest BCUT2D eigenvalue weighted by atomic mass is 15.0. The Balaban J connectivity index is 0.995. The van der Waals surface area contributed by atoms with E-state index >= 15 is 0 Å². The molecule has 12 aromatic rings. The van der Waals surface area contributed by atoms with E-state index in [1.807, 2.05) is 24.3 Å². The summed E-state index contributed by atoms with van der Waals surface area (Å²) in [6.45, 7) is 8.63. The third kappa shape index (κ3) is 6.89. The van der Waals surface area contributed by atoms with E-state index in [0.717, 1.165) is 77.2 Å². The Bertz CT molecular complexity index is 3720. The van der Waals surface area contributed by atoms with Crippen molar-refractivity contribution in [3.05, 3.63) is 240 Å². The molecule has 0 spiro atoms. The molecular formula is C66H46N4. The van der Waals surface area contributed by atoms with Gasteiger partial charge in [-0.25, -0.2) is 0 Å². The number of rotatable bonds is 7. The topological polar surface area (TPSA) is 57.4 Å². The standard InChI is InChI=1S/C66H46N4/c1-41-13-5-9-17-53(41)45-21-29-63-59(35-45)60-36-46(54-18-10-6-14-42(54)2)22-30-64(60)69(63)51-25-27-57(49(33-51)39-67)58-28-26-52(34-50(58)40-68)70-65-31-23-47(55-19-11-7-15-43(55)3)37-61(65)62-38-48(24-32-66(62)70)56-20-12-8-16-44(56)4/h5-38H,1-4H3. The Labute approximate surface area is 407 Å². The molecule has 10 aromatic carbocycles. The molecule has 0 bridgehead atoms. The Morgan fingerprint density at radius 1 is 0.286 bits per heavy atom. The molecule has 0 aliphatic carbocycles. The maximum Gasteiger partial charge on any atom is 0.0998 e. The maximum absolute atomic E-state index is 10.9. The number of nitrogens with zero attached hydrogens (tertiary/aromatic N) is 4. The summed E-state index contributed by atoms with van der Waals surface area (Å²) in [5.74, 6) is 0. The van der Waals surface area contributed by atoms with Crippen LogP contribution in [0.2, 0.25) is 0 Å². The second-order valence-electron chi connectivity index (χ2n) is 18.5. The van der Waals surface area contributed by atoms with Gasteiger partial charge in [-0.1, -0.05) is 133 Å². The number of benzene rings is 10. The average Bonchev–Trinajstić information content (AvgIpc) is 3.90. The lowest BCUT2D eigenvalue weighted by Gasteiger charge is -2.14. The van der Waals surface area contributed by atoms with Gasteiger partial charge in [-0.05, 0) is 167 Å². The lowest BCUT2D eigenvalue weighted by molar-refractivity contribution is 1.17. The van der Waals surface area contributed by atoms with E-state index in [0.29, 0.717) is 22.3 Å². The molecule has 0 atom stereocenters. The fourth-order valence-corrected chi connectivity index (χ4v) is 10.9. The van der Waals surface area contributed by atoms with Gasteiger partial charge in [-0.3, -0.25) is 0 Å². The summed E-state index contributed by atoms with van der Waals surface area (Å²) in [6, 6.07) is 78.1. The van der Waals surface area contributed by atoms with E-state index in [1.54, 1.807) is 0 Å². The third-order valence-electron chi connectivity index (χ3n) is 14.4. The van der Waals surface area contributed by atoms with Crippen LogP contribution in [0.25, 0.3) is 111 Å². The van der Waals surface area contributed by atoms with Crippen LogP contribution in [0.4, 0.5) is 0 Å². The predicted molar refractivity (Wildman–Crippen MR) is 291 cm³/mol. The molecule has 0 aliphatic heterocycles. The van der Waals surface area contributed by atoms with E-state index in [1.165, 1.54) is 44.5 Å². The largest absolute Gasteiger partial charge is 0.309 e. The Kier molecular flexibility index (Phi) is 10.1. The molecule has 2 aromatic heterocycles. The normalized spacial score (nSPS) is 11.4. The van der Waals surface area contributed by atoms with Crippen LogP contribution >= 0.6 is 0 Å². The average molecular weight is 895 g/mol. The smallest absolute Gasteiger partial charge is 0.0998 e. The first-order valence-electron chi connectivity index (χ1n) is 23.8. The molecule has 0 unspecified atom stereocenters. The molecule has 0 aliphatic rings. The van der Waals surface area contributed by atoms with Crippen molar-refractivity contribution in [2.24, 2.45) is 0 Å². The maximum atomic E-state index is 10.9. The minimum atomic E-state index is 0.495. The van der Waals surface area contributed by atoms with E-state index in [9.17, 15) is 10.5 Å². The van der Waals surface area contributed by atoms with Crippen molar-refractivity contribution >= 4 is 43.6 Å². The molecule has 70 heavy (non-hydrogen) atoms. The molecule has 2 heterocycles. The Morgan fingerprint density at radius 2 is 0.557 bits per heavy atom. The molecule has 4 heteroatoms. The van der Waals surface area contributed by atoms with Gasteiger partial charge in [0, 0.05) is 44.0 Å². The van der Waals surface area contributed by atoms with Crippen LogP contribution in [0.1, 0.15) is 33.4 Å². The second kappa shape index (κ2) is 16.8. The van der Waals surface area contributed by atoms with E-state index < -0.39 is 0 Å². The number of aryl methyl sites for hydroxylation is 4. The zero-order chi connectivity index (χ0) is 47.6. The van der Waals surface area contributed by atoms with Crippen LogP contribution in [0.5, 0.6) is 0 Å². The monoisotopic (exact) mass is 894 g/mol. The van der Waals surface area contributed by atoms with Gasteiger partial charge in [0.1, 0.15) is 0 Å². The van der Waals surface area contributed by atoms with Crippen molar-refractivity contribution in [3.63, 3.8) is 0 Å². The lowest BCUT2D eigenvalue weighted by atomic mass is 9.95. The highest BCUT2D eigenvalue weighted by Crippen LogP contribution is 2.42. The van der Waals surface area contributed by atoms with Gasteiger partial charge in [-0.2, -0.15) is 10.5 Å². The summed E-state index contributed by atoms with van der Waals surface area (Å²) in [5.41, 5.74) is 22.7. The molecule has 0 radical (unpaired) electrons. The molecule has 0 N–H and O–H groups in total. The first-order chi connectivity index (χ1) is 34.3. The molecule has 0 amide bonds. The molecule has 0 saturated carbocycles. The van der Waals surface area contributed by atoms with Crippen LogP contribution in [0.3, 0.4) is 0 Å². The van der Waals surface area contributed by atoms with E-state index in [4.69, 9.17) is 0 Å². The van der Waals surface area contributed by atoms with Gasteiger partial charge in [-0.15, -0.1) is 0 Å². The van der Waals surface area contributed by atoms with Gasteiger partial charge in [0.25, 0.3) is 0 Å². The predicted octanol–water partition coefficient (Wildman–Crippen LogP) is 17.2. The van der Waals surface area contributed by atoms with Gasteiger partial charge < -0.3 is 9.13 Å². The first-order valence-corrected chi connectivity index (χ1v) is 23.8. The highest BCUT2D eigenvalue weighted by molar-refractivity contribution is 6.13. The summed E-state index contributed by atoms with van der Waals surface area (Å²) in [5, 5.41) is 26.4. The molecule has 12 rings (SSSR count). The molecule has 330 valence electrons. The Morgan fingerprint density at radius 3 is 0.814 bits per heavy atom. The summed E-state index contributed by atoms with van der Waals surface area (Å²) < 4.78 is 4.54. The zero-order valence-electron chi connectivity index (χ0n) is 39.4. The highest BCUT2D eigenvalue weighted by Gasteiger charge is 2.21. The van der Waals surface area contributed by atoms with Crippen LogP contribution < -0.4 is 0 Å². The van der Waals surface area contributed by atoms with Gasteiger partial charge in [0.05, 0.1) is 45.3 Å². The summed E-state index contributed by atoms with van der Waals surface area (Å²) >= 11 is 0. The fraction of sp³-hybridized carbons (Fsp3) is 0.0606. The number of fused-ring (bicyclic) bond motifs is 6. The molecule has 0 saturated heterocycles. The zero-order valence-corrected chi connectivity index (χ0v) is 39.4. The molecule has 0 fully saturated rings. The van der Waals surface area contributed by atoms with Gasteiger partial charge in [0.2, 0.25) is 0 Å². The fourth-order valence-electron chi connectivity index (χ4n) is 10.9. The van der Waals surface area contributed by atoms with Crippen LogP contribution in [0, 0.1) is 50.4 Å². The SMILES string of the molecule is Cc1ccccc1-c1ccc2c(c1)c1cc(-c3ccccc3C)ccc1n2-c1ccc(-c2ccc(-n3c4ccc(-c5ccccc5C)cc4c4cc(-c5ccccc5C)ccc43)cc2C#N)c(C#N)c1. The van der Waals surface area contributed by atoms with Crippen molar-refractivity contribution in [2.45, 2.75) is 27.7 Å². The number of nitriles is 2. The minimum absolute atomic E-state index is 0.495. The summed E-state index contributed by atoms with van der Waals surface area (Å²) in [4.78, 5) is 0. The van der Waals surface area contributed by atoms with Crippen molar-refractivity contribution in [1.29, 1.82) is 10.5 Å². The minimum Gasteiger partial charge on any atom is -0.309 e. The van der Waals surface area contributed by atoms with Crippen molar-refractivity contribution in [3.8, 4) is 79.1 Å². The quantitative estimate of drug-likeness (QED) is 0.160. The second-order valence-corrected chi connectivity index (χ2v) is 18.5. The first kappa shape index (κ1) is 42.2. The van der Waals surface area contributed by atoms with Crippen LogP contribution in [-0.2, 0) is 0 Å². The Hall–Kier alpha value is -9.22. The van der Waals surface area contributed by atoms with Crippen LogP contribution in [-0.4, -0.2) is 9.13 Å². The number of hydrogen-bond donors (Lipinski definition) is 0. The van der Waals surface area contributed by atoms with E-state index in [2.05, 4.69) is 231 Å². The van der Waals surface area contributed by atoms with Crippen LogP contribution in [0.15, 0.2) is 206 Å². The van der Waals surface area contributed by atoms with Crippen molar-refractivity contribution in [1.82, 2.24) is 9.13 Å². The van der Waals surface area contributed by atoms with Crippen molar-refractivity contribution in [2.75, 3.05) is 0 Å². The molecule has 4 nitrogen and oxygen atoms in total. The number of aromatic nitrogens is 2. The third-order valence-corrected chi connectivity index (χ3v) is 14.4. The van der Waals surface area contributed by atoms with Gasteiger partial charge in [0.15, 0.2) is 0 Å². The van der Waals surface area contributed by atoms with E-state index in [-0.39, 0.29) is 0 Å². The summed E-state index contributed by atoms with van der Waals surface area (Å²) in [7, 11) is 0. The summed E-state index contributed by atoms with van der Waals surface area (Å²) in [6.07, 6.45) is 0. The lowest BCUT2D eigenvalue weighted by Crippen LogP contribution is -1.99.